The zero-order valence-corrected chi connectivity index (χ0v) is 19.3. The Bertz CT molecular complexity index is 883. The summed E-state index contributed by atoms with van der Waals surface area (Å²) in [7, 11) is 1.69. The van der Waals surface area contributed by atoms with Gasteiger partial charge in [-0.1, -0.05) is 30.3 Å². The smallest absolute Gasteiger partial charge is 0.317 e. The van der Waals surface area contributed by atoms with Gasteiger partial charge in [0.05, 0.1) is 19.3 Å². The van der Waals surface area contributed by atoms with Crippen molar-refractivity contribution in [1.82, 2.24) is 10.2 Å². The summed E-state index contributed by atoms with van der Waals surface area (Å²) in [5.41, 5.74) is 2.36. The fourth-order valence-corrected chi connectivity index (χ4v) is 4.81. The molecule has 32 heavy (non-hydrogen) atoms. The van der Waals surface area contributed by atoms with Gasteiger partial charge in [0.1, 0.15) is 0 Å². The summed E-state index contributed by atoms with van der Waals surface area (Å²) < 4.78 is 11.9. The summed E-state index contributed by atoms with van der Waals surface area (Å²) >= 11 is 0. The van der Waals surface area contributed by atoms with E-state index in [-0.39, 0.29) is 18.2 Å². The number of carbonyl (C=O) groups is 1. The molecule has 0 radical (unpaired) electrons. The molecular weight excluding hydrogens is 402 g/mol. The fraction of sp³-hybridized carbons (Fsp3) is 0.500. The summed E-state index contributed by atoms with van der Waals surface area (Å²) in [5.74, 6) is 1.60. The number of nitrogens with zero attached hydrogens (tertiary/aromatic N) is 2. The van der Waals surface area contributed by atoms with Crippen molar-refractivity contribution in [3.8, 4) is 11.5 Å². The first-order chi connectivity index (χ1) is 15.7. The Morgan fingerprint density at radius 1 is 1.06 bits per heavy atom. The van der Waals surface area contributed by atoms with E-state index in [0.29, 0.717) is 13.1 Å². The van der Waals surface area contributed by atoms with Crippen molar-refractivity contribution in [3.05, 3.63) is 54.1 Å². The number of methoxy groups -OCH3 is 1. The van der Waals surface area contributed by atoms with E-state index in [4.69, 9.17) is 9.47 Å². The summed E-state index contributed by atoms with van der Waals surface area (Å²) in [5, 5.41) is 2.98. The molecule has 0 spiro atoms. The van der Waals surface area contributed by atoms with E-state index < -0.39 is 0 Å². The molecule has 6 heteroatoms. The molecule has 2 amide bonds. The lowest BCUT2D eigenvalue weighted by Crippen LogP contribution is -2.58. The lowest BCUT2D eigenvalue weighted by Gasteiger charge is -2.42. The van der Waals surface area contributed by atoms with Crippen LogP contribution in [0.25, 0.3) is 0 Å². The molecule has 2 aromatic rings. The third-order valence-electron chi connectivity index (χ3n) is 6.49. The van der Waals surface area contributed by atoms with Crippen LogP contribution in [0, 0.1) is 0 Å². The molecule has 6 nitrogen and oxygen atoms in total. The van der Waals surface area contributed by atoms with Crippen LogP contribution >= 0.6 is 0 Å². The second-order valence-corrected chi connectivity index (χ2v) is 8.68. The number of piperazine rings is 1. The van der Waals surface area contributed by atoms with Gasteiger partial charge in [-0.15, -0.1) is 0 Å². The highest BCUT2D eigenvalue weighted by Gasteiger charge is 2.31. The maximum absolute atomic E-state index is 12.7. The number of urea groups is 1. The average molecular weight is 438 g/mol. The molecule has 1 atom stereocenters. The van der Waals surface area contributed by atoms with Crippen LogP contribution in [-0.4, -0.2) is 56.4 Å². The number of benzene rings is 2. The van der Waals surface area contributed by atoms with Crippen LogP contribution in [-0.2, 0) is 6.42 Å². The van der Waals surface area contributed by atoms with Crippen LogP contribution in [0.1, 0.15) is 38.2 Å². The zero-order chi connectivity index (χ0) is 22.3. The molecule has 172 valence electrons. The van der Waals surface area contributed by atoms with E-state index in [9.17, 15) is 4.79 Å². The van der Waals surface area contributed by atoms with Gasteiger partial charge >= 0.3 is 6.03 Å². The lowest BCUT2D eigenvalue weighted by atomic mass is 10.0. The van der Waals surface area contributed by atoms with Crippen molar-refractivity contribution < 1.29 is 14.3 Å². The van der Waals surface area contributed by atoms with Crippen molar-refractivity contribution in [3.63, 3.8) is 0 Å². The molecule has 1 heterocycles. The van der Waals surface area contributed by atoms with Gasteiger partial charge in [0, 0.05) is 37.9 Å². The van der Waals surface area contributed by atoms with E-state index >= 15 is 0 Å². The zero-order valence-electron chi connectivity index (χ0n) is 19.3. The van der Waals surface area contributed by atoms with Crippen molar-refractivity contribution in [1.29, 1.82) is 0 Å². The third-order valence-corrected chi connectivity index (χ3v) is 6.49. The van der Waals surface area contributed by atoms with Gasteiger partial charge in [0.2, 0.25) is 0 Å². The SMILES string of the molecule is CCNC(=O)N1CCN(c2ccc(OC)c(OC3CCCC3)c2)CC1Cc1ccccc1. The summed E-state index contributed by atoms with van der Waals surface area (Å²) in [6, 6.07) is 16.7. The second-order valence-electron chi connectivity index (χ2n) is 8.68. The van der Waals surface area contributed by atoms with E-state index in [2.05, 4.69) is 46.6 Å². The minimum absolute atomic E-state index is 0.0214. The van der Waals surface area contributed by atoms with Gasteiger partial charge in [-0.05, 0) is 56.7 Å². The quantitative estimate of drug-likeness (QED) is 0.694. The minimum atomic E-state index is 0.0214. The fourth-order valence-electron chi connectivity index (χ4n) is 4.81. The van der Waals surface area contributed by atoms with Crippen LogP contribution in [0.2, 0.25) is 0 Å². The van der Waals surface area contributed by atoms with Crippen molar-refractivity contribution in [2.24, 2.45) is 0 Å². The van der Waals surface area contributed by atoms with Crippen molar-refractivity contribution in [2.75, 3.05) is 38.2 Å². The standard InChI is InChI=1S/C26H35N3O3/c1-3-27-26(30)29-16-15-28(19-22(29)17-20-9-5-4-6-10-20)21-13-14-24(31-2)25(18-21)32-23-11-7-8-12-23/h4-6,9-10,13-14,18,22-23H,3,7-8,11-12,15-17,19H2,1-2H3,(H,27,30). The molecule has 4 rings (SSSR count). The number of nitrogens with one attached hydrogen (secondary N) is 1. The molecule has 1 saturated heterocycles. The molecule has 1 N–H and O–H groups in total. The predicted octanol–water partition coefficient (Wildman–Crippen LogP) is 4.48. The lowest BCUT2D eigenvalue weighted by molar-refractivity contribution is 0.165. The van der Waals surface area contributed by atoms with E-state index in [1.807, 2.05) is 24.0 Å². The summed E-state index contributed by atoms with van der Waals surface area (Å²) in [6.07, 6.45) is 5.79. The Morgan fingerprint density at radius 3 is 2.56 bits per heavy atom. The Balaban J connectivity index is 1.53. The van der Waals surface area contributed by atoms with E-state index in [0.717, 1.165) is 49.5 Å². The van der Waals surface area contributed by atoms with Gasteiger partial charge < -0.3 is 24.6 Å². The van der Waals surface area contributed by atoms with Crippen LogP contribution < -0.4 is 19.7 Å². The largest absolute Gasteiger partial charge is 0.493 e. The second kappa shape index (κ2) is 10.6. The highest BCUT2D eigenvalue weighted by atomic mass is 16.5. The van der Waals surface area contributed by atoms with Crippen molar-refractivity contribution >= 4 is 11.7 Å². The van der Waals surface area contributed by atoms with Crippen LogP contribution in [0.5, 0.6) is 11.5 Å². The van der Waals surface area contributed by atoms with E-state index in [1.54, 1.807) is 7.11 Å². The molecule has 1 aliphatic heterocycles. The predicted molar refractivity (Wildman–Crippen MR) is 128 cm³/mol. The number of anilines is 1. The normalized spacial score (nSPS) is 19.1. The molecule has 1 aliphatic carbocycles. The highest BCUT2D eigenvalue weighted by molar-refractivity contribution is 5.75. The number of amides is 2. The third kappa shape index (κ3) is 5.29. The Kier molecular flexibility index (Phi) is 7.40. The molecule has 1 saturated carbocycles. The molecule has 0 bridgehead atoms. The summed E-state index contributed by atoms with van der Waals surface area (Å²) in [4.78, 5) is 17.1. The molecule has 2 fully saturated rings. The van der Waals surface area contributed by atoms with Gasteiger partial charge in [0.25, 0.3) is 0 Å². The van der Waals surface area contributed by atoms with Crippen molar-refractivity contribution in [2.45, 2.75) is 51.2 Å². The molecule has 2 aromatic carbocycles. The van der Waals surface area contributed by atoms with Gasteiger partial charge in [-0.3, -0.25) is 0 Å². The minimum Gasteiger partial charge on any atom is -0.493 e. The number of hydrogen-bond donors (Lipinski definition) is 1. The molecular formula is C26H35N3O3. The van der Waals surface area contributed by atoms with Crippen LogP contribution in [0.4, 0.5) is 10.5 Å². The number of rotatable bonds is 7. The highest BCUT2D eigenvalue weighted by Crippen LogP contribution is 2.35. The van der Waals surface area contributed by atoms with Crippen LogP contribution in [0.15, 0.2) is 48.5 Å². The first kappa shape index (κ1) is 22.3. The average Bonchev–Trinajstić information content (AvgIpc) is 3.33. The number of carbonyl (C=O) groups excluding carboxylic acids is 1. The van der Waals surface area contributed by atoms with Gasteiger partial charge in [-0.2, -0.15) is 0 Å². The summed E-state index contributed by atoms with van der Waals surface area (Å²) in [6.45, 7) is 4.86. The number of ether oxygens (including phenoxy) is 2. The Labute approximate surface area is 191 Å². The van der Waals surface area contributed by atoms with Gasteiger partial charge in [-0.25, -0.2) is 4.79 Å². The first-order valence-electron chi connectivity index (χ1n) is 11.9. The number of hydrogen-bond acceptors (Lipinski definition) is 4. The van der Waals surface area contributed by atoms with Gasteiger partial charge in [0.15, 0.2) is 11.5 Å². The molecule has 1 unspecified atom stereocenters. The first-order valence-corrected chi connectivity index (χ1v) is 11.9. The molecule has 2 aliphatic rings. The van der Waals surface area contributed by atoms with Crippen LogP contribution in [0.3, 0.4) is 0 Å². The Morgan fingerprint density at radius 2 is 1.84 bits per heavy atom. The van der Waals surface area contributed by atoms with E-state index in [1.165, 1.54) is 18.4 Å². The topological polar surface area (TPSA) is 54.0 Å². The maximum atomic E-state index is 12.7. The molecule has 0 aromatic heterocycles. The monoisotopic (exact) mass is 437 g/mol. The maximum Gasteiger partial charge on any atom is 0.317 e. The Hall–Kier alpha value is -2.89.